The summed E-state index contributed by atoms with van der Waals surface area (Å²) in [5.41, 5.74) is 0.721. The van der Waals surface area contributed by atoms with Crippen molar-refractivity contribution >= 4 is 15.9 Å². The van der Waals surface area contributed by atoms with Gasteiger partial charge in [0.1, 0.15) is 0 Å². The summed E-state index contributed by atoms with van der Waals surface area (Å²) in [5.74, 6) is 0.967. The van der Waals surface area contributed by atoms with E-state index in [0.29, 0.717) is 0 Å². The van der Waals surface area contributed by atoms with Crippen molar-refractivity contribution in [2.24, 2.45) is 11.3 Å². The summed E-state index contributed by atoms with van der Waals surface area (Å²) in [6, 6.07) is 0. The first kappa shape index (κ1) is 8.06. The SMILES string of the molecule is BrC[C@@H]1CC[C@@]2(CCNC2)C1. The zero-order chi connectivity index (χ0) is 7.73. The highest BCUT2D eigenvalue weighted by Crippen LogP contribution is 2.46. The predicted octanol–water partition coefficient (Wildman–Crippen LogP) is 2.16. The number of nitrogens with one attached hydrogen (secondary N) is 1. The molecule has 0 radical (unpaired) electrons. The van der Waals surface area contributed by atoms with Crippen LogP contribution in [0.25, 0.3) is 0 Å². The van der Waals surface area contributed by atoms with E-state index in [1.807, 2.05) is 0 Å². The zero-order valence-corrected chi connectivity index (χ0v) is 8.49. The molecule has 1 N–H and O–H groups in total. The summed E-state index contributed by atoms with van der Waals surface area (Å²) >= 11 is 3.59. The Hall–Kier alpha value is 0.440. The fraction of sp³-hybridized carbons (Fsp3) is 1.00. The Morgan fingerprint density at radius 1 is 1.45 bits per heavy atom. The van der Waals surface area contributed by atoms with Gasteiger partial charge in [0.15, 0.2) is 0 Å². The average molecular weight is 218 g/mol. The smallest absolute Gasteiger partial charge is 0.00598 e. The number of hydrogen-bond acceptors (Lipinski definition) is 1. The maximum Gasteiger partial charge on any atom is 0.00598 e. The molecule has 1 saturated carbocycles. The van der Waals surface area contributed by atoms with Gasteiger partial charge in [0.2, 0.25) is 0 Å². The van der Waals surface area contributed by atoms with Gasteiger partial charge < -0.3 is 5.32 Å². The van der Waals surface area contributed by atoms with Crippen LogP contribution >= 0.6 is 15.9 Å². The van der Waals surface area contributed by atoms with E-state index < -0.39 is 0 Å². The maximum absolute atomic E-state index is 3.59. The molecule has 1 saturated heterocycles. The molecule has 0 aromatic rings. The van der Waals surface area contributed by atoms with E-state index in [9.17, 15) is 0 Å². The maximum atomic E-state index is 3.59. The fourth-order valence-corrected chi connectivity index (χ4v) is 3.19. The fourth-order valence-electron chi connectivity index (χ4n) is 2.64. The van der Waals surface area contributed by atoms with Crippen molar-refractivity contribution in [3.8, 4) is 0 Å². The number of halogens is 1. The monoisotopic (exact) mass is 217 g/mol. The Labute approximate surface area is 77.1 Å². The van der Waals surface area contributed by atoms with E-state index in [1.54, 1.807) is 0 Å². The first-order valence-electron chi connectivity index (χ1n) is 4.61. The molecule has 0 bridgehead atoms. The van der Waals surface area contributed by atoms with Gasteiger partial charge in [-0.15, -0.1) is 0 Å². The molecule has 1 heterocycles. The van der Waals surface area contributed by atoms with Gasteiger partial charge in [-0.2, -0.15) is 0 Å². The van der Waals surface area contributed by atoms with Crippen molar-refractivity contribution in [1.29, 1.82) is 0 Å². The molecule has 11 heavy (non-hydrogen) atoms. The Morgan fingerprint density at radius 3 is 2.91 bits per heavy atom. The van der Waals surface area contributed by atoms with Crippen molar-refractivity contribution < 1.29 is 0 Å². The molecule has 2 aliphatic rings. The lowest BCUT2D eigenvalue weighted by Crippen LogP contribution is -2.20. The normalized spacial score (nSPS) is 43.9. The van der Waals surface area contributed by atoms with Crippen molar-refractivity contribution in [2.45, 2.75) is 25.7 Å². The second-order valence-corrected chi connectivity index (χ2v) is 4.84. The van der Waals surface area contributed by atoms with E-state index in [4.69, 9.17) is 0 Å². The third kappa shape index (κ3) is 1.48. The van der Waals surface area contributed by atoms with Gasteiger partial charge in [0.25, 0.3) is 0 Å². The second-order valence-electron chi connectivity index (χ2n) is 4.19. The highest BCUT2D eigenvalue weighted by atomic mass is 79.9. The molecule has 0 amide bonds. The van der Waals surface area contributed by atoms with Gasteiger partial charge in [0.05, 0.1) is 0 Å². The van der Waals surface area contributed by atoms with Crippen molar-refractivity contribution in [2.75, 3.05) is 18.4 Å². The quantitative estimate of drug-likeness (QED) is 0.665. The van der Waals surface area contributed by atoms with Crippen LogP contribution in [0.2, 0.25) is 0 Å². The topological polar surface area (TPSA) is 12.0 Å². The third-order valence-electron chi connectivity index (χ3n) is 3.35. The van der Waals surface area contributed by atoms with Gasteiger partial charge in [-0.05, 0) is 43.6 Å². The molecule has 1 aliphatic heterocycles. The van der Waals surface area contributed by atoms with Crippen LogP contribution in [0.15, 0.2) is 0 Å². The van der Waals surface area contributed by atoms with Crippen LogP contribution in [0.4, 0.5) is 0 Å². The van der Waals surface area contributed by atoms with Crippen LogP contribution in [0, 0.1) is 11.3 Å². The van der Waals surface area contributed by atoms with E-state index in [1.165, 1.54) is 44.1 Å². The van der Waals surface area contributed by atoms with Gasteiger partial charge in [-0.25, -0.2) is 0 Å². The number of rotatable bonds is 1. The lowest BCUT2D eigenvalue weighted by atomic mass is 9.85. The Balaban J connectivity index is 1.96. The summed E-state index contributed by atoms with van der Waals surface area (Å²) in [7, 11) is 0. The molecule has 64 valence electrons. The molecular weight excluding hydrogens is 202 g/mol. The van der Waals surface area contributed by atoms with Gasteiger partial charge >= 0.3 is 0 Å². The third-order valence-corrected chi connectivity index (χ3v) is 4.27. The summed E-state index contributed by atoms with van der Waals surface area (Å²) < 4.78 is 0. The Morgan fingerprint density at radius 2 is 2.36 bits per heavy atom. The highest BCUT2D eigenvalue weighted by Gasteiger charge is 2.40. The lowest BCUT2D eigenvalue weighted by molar-refractivity contribution is 0.325. The molecule has 0 unspecified atom stereocenters. The molecule has 2 rings (SSSR count). The first-order chi connectivity index (χ1) is 5.35. The highest BCUT2D eigenvalue weighted by molar-refractivity contribution is 9.09. The zero-order valence-electron chi connectivity index (χ0n) is 6.91. The molecule has 0 aromatic carbocycles. The van der Waals surface area contributed by atoms with E-state index in [0.717, 1.165) is 11.3 Å². The Bertz CT molecular complexity index is 140. The van der Waals surface area contributed by atoms with Crippen LogP contribution in [-0.2, 0) is 0 Å². The van der Waals surface area contributed by atoms with Crippen LogP contribution < -0.4 is 5.32 Å². The van der Waals surface area contributed by atoms with Gasteiger partial charge in [-0.1, -0.05) is 15.9 Å². The molecule has 0 aromatic heterocycles. The molecule has 2 fully saturated rings. The summed E-state index contributed by atoms with van der Waals surface area (Å²) in [5, 5.41) is 4.70. The van der Waals surface area contributed by atoms with Crippen molar-refractivity contribution in [3.63, 3.8) is 0 Å². The number of hydrogen-bond donors (Lipinski definition) is 1. The first-order valence-corrected chi connectivity index (χ1v) is 5.73. The minimum absolute atomic E-state index is 0.721. The average Bonchev–Trinajstić information content (AvgIpc) is 2.62. The summed E-state index contributed by atoms with van der Waals surface area (Å²) in [6.07, 6.45) is 5.81. The molecule has 2 heteroatoms. The molecule has 1 aliphatic carbocycles. The molecular formula is C9H16BrN. The predicted molar refractivity (Wildman–Crippen MR) is 51.1 cm³/mol. The van der Waals surface area contributed by atoms with E-state index in [-0.39, 0.29) is 0 Å². The summed E-state index contributed by atoms with van der Waals surface area (Å²) in [6.45, 7) is 2.55. The Kier molecular flexibility index (Phi) is 2.24. The lowest BCUT2D eigenvalue weighted by Gasteiger charge is -2.21. The largest absolute Gasteiger partial charge is 0.316 e. The minimum atomic E-state index is 0.721. The summed E-state index contributed by atoms with van der Waals surface area (Å²) in [4.78, 5) is 0. The second kappa shape index (κ2) is 3.06. The number of alkyl halides is 1. The standard InChI is InChI=1S/C9H16BrN/c10-6-8-1-2-9(5-8)3-4-11-7-9/h8,11H,1-7H2/t8-,9-/m1/s1. The molecule has 2 atom stereocenters. The van der Waals surface area contributed by atoms with Crippen molar-refractivity contribution in [1.82, 2.24) is 5.32 Å². The van der Waals surface area contributed by atoms with Gasteiger partial charge in [-0.3, -0.25) is 0 Å². The van der Waals surface area contributed by atoms with Crippen LogP contribution in [0.5, 0.6) is 0 Å². The van der Waals surface area contributed by atoms with Crippen LogP contribution in [0.1, 0.15) is 25.7 Å². The van der Waals surface area contributed by atoms with Crippen LogP contribution in [0.3, 0.4) is 0 Å². The molecule has 1 nitrogen and oxygen atoms in total. The molecule has 1 spiro atoms. The van der Waals surface area contributed by atoms with Crippen LogP contribution in [-0.4, -0.2) is 18.4 Å². The van der Waals surface area contributed by atoms with Gasteiger partial charge in [0, 0.05) is 11.9 Å². The van der Waals surface area contributed by atoms with Crippen molar-refractivity contribution in [3.05, 3.63) is 0 Å². The van der Waals surface area contributed by atoms with E-state index in [2.05, 4.69) is 21.2 Å². The minimum Gasteiger partial charge on any atom is -0.316 e. The van der Waals surface area contributed by atoms with E-state index >= 15 is 0 Å².